The number of rotatable bonds is 1. The van der Waals surface area contributed by atoms with Gasteiger partial charge in [-0.2, -0.15) is 0 Å². The van der Waals surface area contributed by atoms with E-state index >= 15 is 0 Å². The SMILES string of the molecule is O=C(O)Nc1ccccc1.OCC(Cl)(Cl)Cl. The van der Waals surface area contributed by atoms with Gasteiger partial charge in [-0.3, -0.25) is 5.32 Å². The van der Waals surface area contributed by atoms with Crippen LogP contribution in [0.5, 0.6) is 0 Å². The van der Waals surface area contributed by atoms with Crippen molar-refractivity contribution < 1.29 is 15.0 Å². The minimum absolute atomic E-state index is 0.433. The van der Waals surface area contributed by atoms with E-state index in [1.54, 1.807) is 24.3 Å². The van der Waals surface area contributed by atoms with Gasteiger partial charge in [0.2, 0.25) is 3.79 Å². The second-order valence-electron chi connectivity index (χ2n) is 2.57. The summed E-state index contributed by atoms with van der Waals surface area (Å²) in [6.07, 6.45) is -1.04. The highest BCUT2D eigenvalue weighted by atomic mass is 35.6. The molecule has 0 unspecified atom stereocenters. The highest BCUT2D eigenvalue weighted by Crippen LogP contribution is 2.23. The lowest BCUT2D eigenvalue weighted by molar-refractivity contribution is 0.210. The average Bonchev–Trinajstić information content (AvgIpc) is 2.18. The molecule has 4 nitrogen and oxygen atoms in total. The van der Waals surface area contributed by atoms with E-state index in [4.69, 9.17) is 45.0 Å². The lowest BCUT2D eigenvalue weighted by Crippen LogP contribution is -2.06. The van der Waals surface area contributed by atoms with Gasteiger partial charge in [-0.05, 0) is 12.1 Å². The normalized spacial score (nSPS) is 10.0. The van der Waals surface area contributed by atoms with Gasteiger partial charge in [0.25, 0.3) is 0 Å². The molecule has 90 valence electrons. The van der Waals surface area contributed by atoms with Crippen LogP contribution in [0, 0.1) is 0 Å². The highest BCUT2D eigenvalue weighted by molar-refractivity contribution is 6.67. The molecule has 0 aliphatic rings. The number of benzene rings is 1. The maximum absolute atomic E-state index is 10.1. The third-order valence-corrected chi connectivity index (χ3v) is 1.56. The molecule has 0 spiro atoms. The predicted octanol–water partition coefficient (Wildman–Crippen LogP) is 3.13. The number of nitrogens with one attached hydrogen (secondary N) is 1. The molecule has 0 heterocycles. The van der Waals surface area contributed by atoms with E-state index in [9.17, 15) is 4.79 Å². The summed E-state index contributed by atoms with van der Waals surface area (Å²) >= 11 is 15.0. The topological polar surface area (TPSA) is 69.6 Å². The molecule has 0 aromatic heterocycles. The Balaban J connectivity index is 0.000000325. The third kappa shape index (κ3) is 9.86. The maximum Gasteiger partial charge on any atom is 0.409 e. The summed E-state index contributed by atoms with van der Waals surface area (Å²) in [5, 5.41) is 18.5. The molecule has 1 aromatic rings. The Kier molecular flexibility index (Phi) is 7.25. The van der Waals surface area contributed by atoms with Gasteiger partial charge >= 0.3 is 6.09 Å². The molecule has 0 aliphatic heterocycles. The van der Waals surface area contributed by atoms with Gasteiger partial charge in [-0.15, -0.1) is 0 Å². The number of para-hydroxylation sites is 1. The molecule has 7 heteroatoms. The Morgan fingerprint density at radius 3 is 2.00 bits per heavy atom. The van der Waals surface area contributed by atoms with Crippen LogP contribution >= 0.6 is 34.8 Å². The van der Waals surface area contributed by atoms with Gasteiger partial charge in [-0.1, -0.05) is 53.0 Å². The standard InChI is InChI=1S/C7H7NO2.C2H3Cl3O/c9-7(10)8-6-4-2-1-3-5-6;3-2(4,5)1-6/h1-5,8H,(H,9,10);6H,1H2. The van der Waals surface area contributed by atoms with Gasteiger partial charge < -0.3 is 10.2 Å². The fourth-order valence-electron chi connectivity index (χ4n) is 0.645. The van der Waals surface area contributed by atoms with Crippen LogP contribution in [0.15, 0.2) is 30.3 Å². The van der Waals surface area contributed by atoms with Crippen molar-refractivity contribution in [2.24, 2.45) is 0 Å². The Morgan fingerprint density at radius 1 is 1.25 bits per heavy atom. The van der Waals surface area contributed by atoms with Gasteiger partial charge in [0.15, 0.2) is 0 Å². The monoisotopic (exact) mass is 285 g/mol. The molecule has 1 rings (SSSR count). The quantitative estimate of drug-likeness (QED) is 0.695. The van der Waals surface area contributed by atoms with Crippen molar-refractivity contribution in [1.29, 1.82) is 0 Å². The van der Waals surface area contributed by atoms with Crippen molar-refractivity contribution in [2.75, 3.05) is 11.9 Å². The molecule has 0 radical (unpaired) electrons. The van der Waals surface area contributed by atoms with Crippen LogP contribution in [0.4, 0.5) is 10.5 Å². The number of aliphatic hydroxyl groups is 1. The molecule has 0 atom stereocenters. The molecule has 1 aromatic carbocycles. The first-order valence-electron chi connectivity index (χ1n) is 4.08. The Bertz CT molecular complexity index is 314. The molecule has 0 fully saturated rings. The Hall–Kier alpha value is -0.680. The Morgan fingerprint density at radius 2 is 1.69 bits per heavy atom. The molecule has 1 amide bonds. The summed E-state index contributed by atoms with van der Waals surface area (Å²) in [4.78, 5) is 10.1. The van der Waals surface area contributed by atoms with Crippen LogP contribution < -0.4 is 5.32 Å². The fourth-order valence-corrected chi connectivity index (χ4v) is 0.645. The van der Waals surface area contributed by atoms with E-state index < -0.39 is 16.5 Å². The van der Waals surface area contributed by atoms with Crippen LogP contribution in [-0.2, 0) is 0 Å². The number of halogens is 3. The van der Waals surface area contributed by atoms with Gasteiger partial charge in [0.05, 0.1) is 6.61 Å². The van der Waals surface area contributed by atoms with Gasteiger partial charge in [0.1, 0.15) is 0 Å². The van der Waals surface area contributed by atoms with Crippen LogP contribution in [-0.4, -0.2) is 26.7 Å². The molecule has 0 aliphatic carbocycles. The molecule has 0 saturated heterocycles. The van der Waals surface area contributed by atoms with Crippen LogP contribution in [0.2, 0.25) is 0 Å². The van der Waals surface area contributed by atoms with Crippen molar-refractivity contribution >= 4 is 46.6 Å². The number of alkyl halides is 3. The summed E-state index contributed by atoms with van der Waals surface area (Å²) < 4.78 is -1.49. The minimum atomic E-state index is -1.49. The lowest BCUT2D eigenvalue weighted by Gasteiger charge is -2.01. The van der Waals surface area contributed by atoms with Crippen molar-refractivity contribution in [3.05, 3.63) is 30.3 Å². The number of anilines is 1. The summed E-state index contributed by atoms with van der Waals surface area (Å²) in [6, 6.07) is 8.74. The van der Waals surface area contributed by atoms with Crippen LogP contribution in [0.25, 0.3) is 0 Å². The maximum atomic E-state index is 10.1. The number of hydrogen-bond acceptors (Lipinski definition) is 2. The zero-order chi connectivity index (χ0) is 12.6. The first kappa shape index (κ1) is 15.3. The molecule has 16 heavy (non-hydrogen) atoms. The number of hydrogen-bond donors (Lipinski definition) is 3. The average molecular weight is 287 g/mol. The van der Waals surface area contributed by atoms with Crippen molar-refractivity contribution in [3.63, 3.8) is 0 Å². The van der Waals surface area contributed by atoms with Crippen LogP contribution in [0.1, 0.15) is 0 Å². The predicted molar refractivity (Wildman–Crippen MR) is 65.5 cm³/mol. The van der Waals surface area contributed by atoms with Crippen molar-refractivity contribution in [2.45, 2.75) is 3.79 Å². The summed E-state index contributed by atoms with van der Waals surface area (Å²) in [5.41, 5.74) is 0.593. The van der Waals surface area contributed by atoms with E-state index in [1.165, 1.54) is 0 Å². The summed E-state index contributed by atoms with van der Waals surface area (Å²) in [7, 11) is 0. The first-order valence-corrected chi connectivity index (χ1v) is 5.21. The zero-order valence-electron chi connectivity index (χ0n) is 8.03. The molecular weight excluding hydrogens is 276 g/mol. The molecule has 0 saturated carbocycles. The summed E-state index contributed by atoms with van der Waals surface area (Å²) in [6.45, 7) is -0.433. The smallest absolute Gasteiger partial charge is 0.409 e. The van der Waals surface area contributed by atoms with E-state index in [0.717, 1.165) is 0 Å². The summed E-state index contributed by atoms with van der Waals surface area (Å²) in [5.74, 6) is 0. The number of carboxylic acid groups (broad SMARTS) is 1. The third-order valence-electron chi connectivity index (χ3n) is 1.20. The number of amides is 1. The van der Waals surface area contributed by atoms with Gasteiger partial charge in [0, 0.05) is 5.69 Å². The Labute approximate surface area is 108 Å². The van der Waals surface area contributed by atoms with E-state index in [0.29, 0.717) is 5.69 Å². The number of aliphatic hydroxyl groups excluding tert-OH is 1. The lowest BCUT2D eigenvalue weighted by atomic mass is 10.3. The first-order chi connectivity index (χ1) is 7.35. The highest BCUT2D eigenvalue weighted by Gasteiger charge is 2.16. The molecular formula is C9H10Cl3NO3. The van der Waals surface area contributed by atoms with Crippen molar-refractivity contribution in [1.82, 2.24) is 0 Å². The second-order valence-corrected chi connectivity index (χ2v) is 5.09. The second kappa shape index (κ2) is 7.57. The fraction of sp³-hybridized carbons (Fsp3) is 0.222. The van der Waals surface area contributed by atoms with E-state index in [-0.39, 0.29) is 0 Å². The zero-order valence-corrected chi connectivity index (χ0v) is 10.3. The van der Waals surface area contributed by atoms with Gasteiger partial charge in [-0.25, -0.2) is 4.79 Å². The number of carbonyl (C=O) groups is 1. The largest absolute Gasteiger partial charge is 0.465 e. The molecule has 3 N–H and O–H groups in total. The molecule has 0 bridgehead atoms. The van der Waals surface area contributed by atoms with Crippen LogP contribution in [0.3, 0.4) is 0 Å². The van der Waals surface area contributed by atoms with E-state index in [1.807, 2.05) is 6.07 Å². The van der Waals surface area contributed by atoms with E-state index in [2.05, 4.69) is 5.32 Å². The van der Waals surface area contributed by atoms with Crippen molar-refractivity contribution in [3.8, 4) is 0 Å². The minimum Gasteiger partial charge on any atom is -0.465 e.